The summed E-state index contributed by atoms with van der Waals surface area (Å²) in [7, 11) is -3.47. The second-order valence-corrected chi connectivity index (χ2v) is 7.79. The van der Waals surface area contributed by atoms with E-state index in [1.165, 1.54) is 11.3 Å². The van der Waals surface area contributed by atoms with Gasteiger partial charge in [0.25, 0.3) is 0 Å². The molecule has 0 fully saturated rings. The highest BCUT2D eigenvalue weighted by atomic mass is 32.2. The van der Waals surface area contributed by atoms with Crippen molar-refractivity contribution in [2.45, 2.75) is 24.7 Å². The van der Waals surface area contributed by atoms with E-state index >= 15 is 0 Å². The summed E-state index contributed by atoms with van der Waals surface area (Å²) >= 11 is 0. The first-order chi connectivity index (χ1) is 12.1. The molecule has 0 saturated heterocycles. The smallest absolute Gasteiger partial charge is 0.240 e. The van der Waals surface area contributed by atoms with Crippen LogP contribution in [0.5, 0.6) is 5.75 Å². The van der Waals surface area contributed by atoms with Gasteiger partial charge in [0, 0.05) is 25.3 Å². The Balaban J connectivity index is 1.50. The van der Waals surface area contributed by atoms with E-state index in [0.717, 1.165) is 25.9 Å². The summed E-state index contributed by atoms with van der Waals surface area (Å²) in [5, 5.41) is 0. The molecule has 0 bridgehead atoms. The van der Waals surface area contributed by atoms with Crippen molar-refractivity contribution in [3.63, 3.8) is 0 Å². The van der Waals surface area contributed by atoms with Crippen molar-refractivity contribution in [2.24, 2.45) is 0 Å². The van der Waals surface area contributed by atoms with Gasteiger partial charge in [0.2, 0.25) is 10.0 Å². The van der Waals surface area contributed by atoms with Gasteiger partial charge in [-0.3, -0.25) is 0 Å². The van der Waals surface area contributed by atoms with Crippen LogP contribution in [-0.4, -0.2) is 34.7 Å². The highest BCUT2D eigenvalue weighted by Gasteiger charge is 2.18. The predicted octanol–water partition coefficient (Wildman–Crippen LogP) is 2.82. The quantitative estimate of drug-likeness (QED) is 0.736. The maximum atomic E-state index is 12.3. The number of nitrogens with one attached hydrogen (secondary N) is 1. The Kier molecular flexibility index (Phi) is 5.60. The van der Waals surface area contributed by atoms with E-state index in [4.69, 9.17) is 4.74 Å². The van der Waals surface area contributed by atoms with Gasteiger partial charge in [-0.1, -0.05) is 18.2 Å². The van der Waals surface area contributed by atoms with Crippen LogP contribution in [0.3, 0.4) is 0 Å². The van der Waals surface area contributed by atoms with Crippen LogP contribution in [-0.2, 0) is 16.4 Å². The van der Waals surface area contributed by atoms with Crippen molar-refractivity contribution in [3.05, 3.63) is 54.1 Å². The molecule has 1 aliphatic rings. The average Bonchev–Trinajstić information content (AvgIpc) is 3.03. The van der Waals surface area contributed by atoms with Gasteiger partial charge in [-0.25, -0.2) is 13.1 Å². The van der Waals surface area contributed by atoms with E-state index in [-0.39, 0.29) is 4.90 Å². The van der Waals surface area contributed by atoms with Crippen molar-refractivity contribution >= 4 is 15.7 Å². The maximum Gasteiger partial charge on any atom is 0.240 e. The van der Waals surface area contributed by atoms with Crippen LogP contribution in [0.15, 0.2) is 53.4 Å². The molecule has 0 radical (unpaired) electrons. The van der Waals surface area contributed by atoms with Crippen molar-refractivity contribution in [1.82, 2.24) is 4.72 Å². The number of rotatable bonds is 8. The summed E-state index contributed by atoms with van der Waals surface area (Å²) in [5.74, 6) is 0.675. The fourth-order valence-electron chi connectivity index (χ4n) is 3.08. The Morgan fingerprint density at radius 1 is 1.12 bits per heavy atom. The Morgan fingerprint density at radius 2 is 1.88 bits per heavy atom. The zero-order valence-electron chi connectivity index (χ0n) is 14.4. The topological polar surface area (TPSA) is 58.6 Å². The molecule has 0 aliphatic carbocycles. The lowest BCUT2D eigenvalue weighted by Gasteiger charge is -2.19. The minimum Gasteiger partial charge on any atom is -0.494 e. The fraction of sp³-hybridized carbons (Fsp3) is 0.368. The van der Waals surface area contributed by atoms with Gasteiger partial charge >= 0.3 is 0 Å². The summed E-state index contributed by atoms with van der Waals surface area (Å²) in [5.41, 5.74) is 2.65. The minimum atomic E-state index is -3.47. The van der Waals surface area contributed by atoms with Crippen molar-refractivity contribution in [1.29, 1.82) is 0 Å². The highest BCUT2D eigenvalue weighted by Crippen LogP contribution is 2.27. The van der Waals surface area contributed by atoms with Crippen molar-refractivity contribution in [2.75, 3.05) is 31.1 Å². The van der Waals surface area contributed by atoms with Gasteiger partial charge in [-0.15, -0.1) is 0 Å². The Morgan fingerprint density at radius 3 is 2.64 bits per heavy atom. The molecule has 6 heteroatoms. The fourth-order valence-corrected chi connectivity index (χ4v) is 4.15. The van der Waals surface area contributed by atoms with Gasteiger partial charge < -0.3 is 9.64 Å². The first kappa shape index (κ1) is 17.8. The number of benzene rings is 2. The monoisotopic (exact) mass is 360 g/mol. The van der Waals surface area contributed by atoms with E-state index in [1.807, 2.05) is 13.0 Å². The Hall–Kier alpha value is -2.05. The van der Waals surface area contributed by atoms with Crippen LogP contribution >= 0.6 is 0 Å². The highest BCUT2D eigenvalue weighted by molar-refractivity contribution is 7.89. The molecule has 0 atom stereocenters. The van der Waals surface area contributed by atoms with Crippen molar-refractivity contribution in [3.8, 4) is 5.75 Å². The average molecular weight is 360 g/mol. The summed E-state index contributed by atoms with van der Waals surface area (Å²) < 4.78 is 32.7. The molecule has 1 aliphatic heterocycles. The van der Waals surface area contributed by atoms with Crippen LogP contribution < -0.4 is 14.4 Å². The second kappa shape index (κ2) is 7.89. The number of fused-ring (bicyclic) bond motifs is 1. The second-order valence-electron chi connectivity index (χ2n) is 6.02. The Labute approximate surface area is 149 Å². The summed E-state index contributed by atoms with van der Waals surface area (Å²) in [6.45, 7) is 4.73. The molecule has 0 saturated carbocycles. The number of ether oxygens (including phenoxy) is 1. The third-order valence-electron chi connectivity index (χ3n) is 4.33. The van der Waals surface area contributed by atoms with Crippen molar-refractivity contribution < 1.29 is 13.2 Å². The van der Waals surface area contributed by atoms with Gasteiger partial charge in [-0.05, 0) is 55.7 Å². The number of nitrogens with zero attached hydrogens (tertiary/aromatic N) is 1. The molecule has 0 amide bonds. The summed E-state index contributed by atoms with van der Waals surface area (Å²) in [6, 6.07) is 14.9. The number of anilines is 1. The van der Waals surface area contributed by atoms with Gasteiger partial charge in [0.1, 0.15) is 5.75 Å². The SMILES string of the molecule is CCOc1ccc(S(=O)(=O)NCCCN2CCc3ccccc32)cc1. The normalized spacial score (nSPS) is 13.7. The molecule has 0 spiro atoms. The largest absolute Gasteiger partial charge is 0.494 e. The molecule has 1 N–H and O–H groups in total. The predicted molar refractivity (Wildman–Crippen MR) is 99.8 cm³/mol. The molecule has 0 unspecified atom stereocenters. The number of sulfonamides is 1. The van der Waals surface area contributed by atoms with Crippen LogP contribution in [0.1, 0.15) is 18.9 Å². The Bertz CT molecular complexity index is 804. The number of para-hydroxylation sites is 1. The zero-order chi connectivity index (χ0) is 17.7. The lowest BCUT2D eigenvalue weighted by Crippen LogP contribution is -2.29. The van der Waals surface area contributed by atoms with E-state index in [9.17, 15) is 8.42 Å². The number of hydrogen-bond donors (Lipinski definition) is 1. The van der Waals surface area contributed by atoms with E-state index < -0.39 is 10.0 Å². The lowest BCUT2D eigenvalue weighted by atomic mass is 10.2. The van der Waals surface area contributed by atoms with E-state index in [2.05, 4.69) is 27.8 Å². The standard InChI is InChI=1S/C19H24N2O3S/c1-2-24-17-8-10-18(11-9-17)25(22,23)20-13-5-14-21-15-12-16-6-3-4-7-19(16)21/h3-4,6-11,20H,2,5,12-15H2,1H3. The molecule has 5 nitrogen and oxygen atoms in total. The molecule has 1 heterocycles. The first-order valence-electron chi connectivity index (χ1n) is 8.65. The molecule has 3 rings (SSSR count). The van der Waals surface area contributed by atoms with Crippen LogP contribution in [0.2, 0.25) is 0 Å². The first-order valence-corrected chi connectivity index (χ1v) is 10.1. The third kappa shape index (κ3) is 4.32. The lowest BCUT2D eigenvalue weighted by molar-refractivity contribution is 0.340. The number of hydrogen-bond acceptors (Lipinski definition) is 4. The molecule has 25 heavy (non-hydrogen) atoms. The molecule has 2 aromatic carbocycles. The van der Waals surface area contributed by atoms with Crippen LogP contribution in [0.4, 0.5) is 5.69 Å². The van der Waals surface area contributed by atoms with Crippen LogP contribution in [0, 0.1) is 0 Å². The molecular weight excluding hydrogens is 336 g/mol. The molecule has 2 aromatic rings. The van der Waals surface area contributed by atoms with Crippen LogP contribution in [0.25, 0.3) is 0 Å². The molecule has 0 aromatic heterocycles. The maximum absolute atomic E-state index is 12.3. The zero-order valence-corrected chi connectivity index (χ0v) is 15.3. The van der Waals surface area contributed by atoms with Gasteiger partial charge in [0.05, 0.1) is 11.5 Å². The van der Waals surface area contributed by atoms with E-state index in [0.29, 0.717) is 18.9 Å². The van der Waals surface area contributed by atoms with Gasteiger partial charge in [-0.2, -0.15) is 0 Å². The minimum absolute atomic E-state index is 0.266. The van der Waals surface area contributed by atoms with E-state index in [1.54, 1.807) is 24.3 Å². The molecule has 134 valence electrons. The van der Waals surface area contributed by atoms with Gasteiger partial charge in [0.15, 0.2) is 0 Å². The summed E-state index contributed by atoms with van der Waals surface area (Å²) in [6.07, 6.45) is 1.83. The third-order valence-corrected chi connectivity index (χ3v) is 5.80. The molecular formula is C19H24N2O3S. The summed E-state index contributed by atoms with van der Waals surface area (Å²) in [4.78, 5) is 2.59.